The first-order valence-electron chi connectivity index (χ1n) is 2.67. The van der Waals surface area contributed by atoms with E-state index in [4.69, 9.17) is 34.7 Å². The van der Waals surface area contributed by atoms with Crippen LogP contribution in [0.1, 0.15) is 0 Å². The Morgan fingerprint density at radius 3 is 2.60 bits per heavy atom. The zero-order valence-electron chi connectivity index (χ0n) is 5.09. The Hall–Kier alpha value is -0.250. The summed E-state index contributed by atoms with van der Waals surface area (Å²) in [6, 6.07) is 0. The second-order valence-corrected chi connectivity index (χ2v) is 3.49. The Kier molecular flexibility index (Phi) is 1.90. The molecular formula is C5H7Cl2N3. The highest BCUT2D eigenvalue weighted by Crippen LogP contribution is 2.29. The van der Waals surface area contributed by atoms with E-state index < -0.39 is 10.5 Å². The molecule has 0 amide bonds. The van der Waals surface area contributed by atoms with Crippen LogP contribution in [0.15, 0.2) is 16.8 Å². The lowest BCUT2D eigenvalue weighted by atomic mass is 10.2. The van der Waals surface area contributed by atoms with Crippen molar-refractivity contribution in [1.82, 2.24) is 0 Å². The lowest BCUT2D eigenvalue weighted by Gasteiger charge is -2.23. The van der Waals surface area contributed by atoms with Crippen molar-refractivity contribution < 1.29 is 0 Å². The van der Waals surface area contributed by atoms with Gasteiger partial charge in [-0.15, -0.1) is 0 Å². The molecule has 3 nitrogen and oxygen atoms in total. The maximum Gasteiger partial charge on any atom is 0.173 e. The summed E-state index contributed by atoms with van der Waals surface area (Å²) >= 11 is 11.4. The molecular weight excluding hydrogens is 173 g/mol. The fourth-order valence-corrected chi connectivity index (χ4v) is 0.975. The van der Waals surface area contributed by atoms with Crippen LogP contribution in [0.4, 0.5) is 0 Å². The third-order valence-corrected chi connectivity index (χ3v) is 1.80. The summed E-state index contributed by atoms with van der Waals surface area (Å²) in [7, 11) is 0. The van der Waals surface area contributed by atoms with Gasteiger partial charge in [-0.25, -0.2) is 0 Å². The van der Waals surface area contributed by atoms with Crippen LogP contribution < -0.4 is 11.5 Å². The minimum absolute atomic E-state index is 0.437. The molecule has 0 fully saturated rings. The van der Waals surface area contributed by atoms with Gasteiger partial charge in [0.1, 0.15) is 6.17 Å². The van der Waals surface area contributed by atoms with Crippen molar-refractivity contribution in [3.05, 3.63) is 11.8 Å². The summed E-state index contributed by atoms with van der Waals surface area (Å²) in [6.07, 6.45) is 2.28. The number of hydrogen-bond acceptors (Lipinski definition) is 3. The van der Waals surface area contributed by atoms with Crippen LogP contribution in [0, 0.1) is 0 Å². The van der Waals surface area contributed by atoms with Crippen LogP contribution in [0.2, 0.25) is 0 Å². The summed E-state index contributed by atoms with van der Waals surface area (Å²) in [5, 5.41) is 0. The molecule has 0 spiro atoms. The third kappa shape index (κ3) is 1.42. The van der Waals surface area contributed by atoms with E-state index in [1.807, 2.05) is 0 Å². The van der Waals surface area contributed by atoms with Gasteiger partial charge in [0.05, 0.1) is 0 Å². The third-order valence-electron chi connectivity index (χ3n) is 1.14. The zero-order valence-corrected chi connectivity index (χ0v) is 6.60. The van der Waals surface area contributed by atoms with Crippen molar-refractivity contribution in [3.8, 4) is 0 Å². The van der Waals surface area contributed by atoms with Gasteiger partial charge in [-0.1, -0.05) is 23.2 Å². The van der Waals surface area contributed by atoms with Crippen molar-refractivity contribution in [2.75, 3.05) is 0 Å². The molecule has 4 N–H and O–H groups in total. The molecule has 0 saturated heterocycles. The van der Waals surface area contributed by atoms with Gasteiger partial charge in [0, 0.05) is 11.9 Å². The predicted molar refractivity (Wildman–Crippen MR) is 43.2 cm³/mol. The van der Waals surface area contributed by atoms with Gasteiger partial charge in [0.2, 0.25) is 0 Å². The van der Waals surface area contributed by atoms with Crippen LogP contribution >= 0.6 is 23.2 Å². The largest absolute Gasteiger partial charge is 0.398 e. The molecule has 0 aromatic heterocycles. The summed E-state index contributed by atoms with van der Waals surface area (Å²) in [4.78, 5) is 3.76. The second-order valence-electron chi connectivity index (χ2n) is 2.04. The van der Waals surface area contributed by atoms with Gasteiger partial charge in [-0.3, -0.25) is 4.99 Å². The summed E-state index contributed by atoms with van der Waals surface area (Å²) in [5.74, 6) is 0. The van der Waals surface area contributed by atoms with Crippen molar-refractivity contribution >= 4 is 29.4 Å². The summed E-state index contributed by atoms with van der Waals surface area (Å²) < 4.78 is -1.15. The average molecular weight is 180 g/mol. The van der Waals surface area contributed by atoms with E-state index in [0.29, 0.717) is 5.70 Å². The van der Waals surface area contributed by atoms with Crippen LogP contribution in [-0.2, 0) is 0 Å². The zero-order chi connectivity index (χ0) is 7.78. The maximum absolute atomic E-state index is 5.69. The fraction of sp³-hybridized carbons (Fsp3) is 0.400. The minimum atomic E-state index is -1.15. The quantitative estimate of drug-likeness (QED) is 0.529. The average Bonchev–Trinajstić information content (AvgIpc) is 1.78. The Labute approximate surface area is 68.7 Å². The van der Waals surface area contributed by atoms with Gasteiger partial charge >= 0.3 is 0 Å². The van der Waals surface area contributed by atoms with Crippen LogP contribution in [0.5, 0.6) is 0 Å². The van der Waals surface area contributed by atoms with E-state index in [1.54, 1.807) is 0 Å². The lowest BCUT2D eigenvalue weighted by molar-refractivity contribution is 0.679. The molecule has 0 radical (unpaired) electrons. The van der Waals surface area contributed by atoms with E-state index in [9.17, 15) is 0 Å². The Bertz CT molecular complexity index is 197. The highest BCUT2D eigenvalue weighted by molar-refractivity contribution is 6.50. The number of allylic oxidation sites excluding steroid dienone is 1. The number of rotatable bonds is 0. The molecule has 1 unspecified atom stereocenters. The molecule has 1 rings (SSSR count). The first-order valence-corrected chi connectivity index (χ1v) is 3.43. The molecule has 56 valence electrons. The molecule has 0 aromatic carbocycles. The second kappa shape index (κ2) is 2.42. The molecule has 1 atom stereocenters. The number of nitrogens with zero attached hydrogens (tertiary/aromatic N) is 1. The number of halogens is 2. The highest BCUT2D eigenvalue weighted by Gasteiger charge is 2.31. The summed E-state index contributed by atoms with van der Waals surface area (Å²) in [6.45, 7) is 0. The molecule has 0 aromatic rings. The van der Waals surface area contributed by atoms with Crippen molar-refractivity contribution in [1.29, 1.82) is 0 Å². The van der Waals surface area contributed by atoms with Crippen molar-refractivity contribution in [2.45, 2.75) is 10.5 Å². The van der Waals surface area contributed by atoms with Crippen LogP contribution in [-0.4, -0.2) is 16.7 Å². The normalized spacial score (nSPS) is 29.9. The van der Waals surface area contributed by atoms with Crippen molar-refractivity contribution in [2.24, 2.45) is 16.5 Å². The molecule has 1 aliphatic rings. The molecule has 0 saturated carbocycles. The SMILES string of the molecule is NC1=CC(Cl)(Cl)C(N)N=C1. The molecule has 10 heavy (non-hydrogen) atoms. The lowest BCUT2D eigenvalue weighted by Crippen LogP contribution is -2.39. The van der Waals surface area contributed by atoms with Gasteiger partial charge < -0.3 is 11.5 Å². The van der Waals surface area contributed by atoms with E-state index >= 15 is 0 Å². The van der Waals surface area contributed by atoms with Gasteiger partial charge in [-0.05, 0) is 6.08 Å². The maximum atomic E-state index is 5.69. The minimum Gasteiger partial charge on any atom is -0.398 e. The van der Waals surface area contributed by atoms with Gasteiger partial charge in [0.25, 0.3) is 0 Å². The number of aliphatic imine (C=N–C) groups is 1. The number of hydrogen-bond donors (Lipinski definition) is 2. The smallest absolute Gasteiger partial charge is 0.173 e. The Balaban J connectivity index is 2.88. The first-order chi connectivity index (χ1) is 4.52. The topological polar surface area (TPSA) is 64.4 Å². The molecule has 0 bridgehead atoms. The van der Waals surface area contributed by atoms with Gasteiger partial charge in [0.15, 0.2) is 4.33 Å². The number of nitrogens with two attached hydrogens (primary N) is 2. The fourth-order valence-electron chi connectivity index (χ4n) is 0.611. The molecule has 1 aliphatic heterocycles. The highest BCUT2D eigenvalue weighted by atomic mass is 35.5. The number of dihydropyridines is 1. The first kappa shape index (κ1) is 7.85. The molecule has 5 heteroatoms. The van der Waals surface area contributed by atoms with Gasteiger partial charge in [-0.2, -0.15) is 0 Å². The monoisotopic (exact) mass is 179 g/mol. The standard InChI is InChI=1S/C5H7Cl2N3/c6-5(7)1-3(8)2-10-4(5)9/h1-2,4H,8-9H2. The van der Waals surface area contributed by atoms with E-state index in [0.717, 1.165) is 0 Å². The van der Waals surface area contributed by atoms with E-state index in [2.05, 4.69) is 4.99 Å². The molecule has 0 aliphatic carbocycles. The van der Waals surface area contributed by atoms with Crippen LogP contribution in [0.25, 0.3) is 0 Å². The van der Waals surface area contributed by atoms with Crippen LogP contribution in [0.3, 0.4) is 0 Å². The Morgan fingerprint density at radius 2 is 2.20 bits per heavy atom. The number of alkyl halides is 2. The van der Waals surface area contributed by atoms with E-state index in [1.165, 1.54) is 12.3 Å². The summed E-state index contributed by atoms with van der Waals surface area (Å²) in [5.41, 5.74) is 11.2. The Morgan fingerprint density at radius 1 is 1.60 bits per heavy atom. The van der Waals surface area contributed by atoms with Crippen molar-refractivity contribution in [3.63, 3.8) is 0 Å². The van der Waals surface area contributed by atoms with E-state index in [-0.39, 0.29) is 0 Å². The predicted octanol–water partition coefficient (Wildman–Crippen LogP) is 0.372. The molecule has 1 heterocycles.